The number of nitrogen functional groups attached to an aromatic ring is 1. The first-order chi connectivity index (χ1) is 9.47. The van der Waals surface area contributed by atoms with Crippen molar-refractivity contribution in [2.24, 2.45) is 0 Å². The van der Waals surface area contributed by atoms with E-state index < -0.39 is 11.9 Å². The third kappa shape index (κ3) is 2.86. The van der Waals surface area contributed by atoms with Crippen LogP contribution in [0.3, 0.4) is 0 Å². The molecular weight excluding hydrogens is 262 g/mol. The summed E-state index contributed by atoms with van der Waals surface area (Å²) >= 11 is 0. The minimum atomic E-state index is -0.550. The van der Waals surface area contributed by atoms with Gasteiger partial charge >= 0.3 is 11.9 Å². The van der Waals surface area contributed by atoms with Gasteiger partial charge in [0.1, 0.15) is 11.5 Å². The summed E-state index contributed by atoms with van der Waals surface area (Å²) in [6, 6.07) is 10.5. The molecule has 0 saturated heterocycles. The number of phenolic OH excluding ortho intramolecular Hbond substituents is 2. The van der Waals surface area contributed by atoms with Crippen LogP contribution in [0.1, 0.15) is 20.7 Å². The zero-order chi connectivity index (χ0) is 14.7. The largest absolute Gasteiger partial charge is 0.508 e. The van der Waals surface area contributed by atoms with Crippen molar-refractivity contribution in [2.45, 2.75) is 0 Å². The predicted molar refractivity (Wildman–Crippen MR) is 70.4 cm³/mol. The highest BCUT2D eigenvalue weighted by atomic mass is 16.6. The lowest BCUT2D eigenvalue weighted by Gasteiger charge is -1.95. The van der Waals surface area contributed by atoms with Crippen LogP contribution in [-0.2, 0) is 4.74 Å². The summed E-state index contributed by atoms with van der Waals surface area (Å²) in [6.45, 7) is 0. The fourth-order valence-corrected chi connectivity index (χ4v) is 1.65. The average Bonchev–Trinajstić information content (AvgIpc) is 2.65. The molecule has 0 bridgehead atoms. The molecule has 4 N–H and O–H groups in total. The van der Waals surface area contributed by atoms with Gasteiger partial charge in [-0.1, -0.05) is 12.1 Å². The van der Waals surface area contributed by atoms with Crippen LogP contribution in [0.5, 0.6) is 11.5 Å². The second-order valence-electron chi connectivity index (χ2n) is 4.01. The number of benzene rings is 2. The highest BCUT2D eigenvalue weighted by molar-refractivity contribution is 6.14. The molecular formula is C14H11NO5. The smallest absolute Gasteiger partial charge is 0.346 e. The number of carbonyl (C=O) groups excluding carboxylic acids is 2. The molecule has 0 aliphatic carbocycles. The quantitative estimate of drug-likeness (QED) is 0.382. The number of ether oxygens (including phenoxy) is 1. The molecule has 1 aliphatic rings. The van der Waals surface area contributed by atoms with Gasteiger partial charge in [0.15, 0.2) is 0 Å². The van der Waals surface area contributed by atoms with E-state index in [1.807, 2.05) is 0 Å². The molecule has 2 aromatic rings. The van der Waals surface area contributed by atoms with Crippen LogP contribution in [0.4, 0.5) is 5.69 Å². The van der Waals surface area contributed by atoms with E-state index in [1.165, 1.54) is 18.2 Å². The molecule has 102 valence electrons. The minimum absolute atomic E-state index is 0.0208. The van der Waals surface area contributed by atoms with Crippen molar-refractivity contribution in [1.82, 2.24) is 0 Å². The van der Waals surface area contributed by atoms with E-state index in [-0.39, 0.29) is 11.5 Å². The Bertz CT molecular complexity index is 598. The summed E-state index contributed by atoms with van der Waals surface area (Å²) in [5.74, 6) is -1.14. The van der Waals surface area contributed by atoms with E-state index in [9.17, 15) is 9.59 Å². The minimum Gasteiger partial charge on any atom is -0.508 e. The molecule has 0 amide bonds. The Hall–Kier alpha value is -3.02. The number of rotatable bonds is 0. The van der Waals surface area contributed by atoms with Crippen LogP contribution in [0.25, 0.3) is 0 Å². The molecule has 1 aliphatic heterocycles. The van der Waals surface area contributed by atoms with Crippen molar-refractivity contribution in [3.05, 3.63) is 53.6 Å². The number of cyclic esters (lactones) is 2. The van der Waals surface area contributed by atoms with E-state index >= 15 is 0 Å². The molecule has 6 nitrogen and oxygen atoms in total. The van der Waals surface area contributed by atoms with Crippen molar-refractivity contribution < 1.29 is 24.5 Å². The normalized spacial score (nSPS) is 12.2. The molecule has 0 aromatic heterocycles. The summed E-state index contributed by atoms with van der Waals surface area (Å²) in [7, 11) is 0. The Labute approximate surface area is 114 Å². The van der Waals surface area contributed by atoms with Gasteiger partial charge in [-0.2, -0.15) is 0 Å². The van der Waals surface area contributed by atoms with E-state index in [0.717, 1.165) is 0 Å². The van der Waals surface area contributed by atoms with Gasteiger partial charge in [-0.25, -0.2) is 9.59 Å². The number of phenols is 2. The number of hydrogen-bond donors (Lipinski definition) is 3. The zero-order valence-corrected chi connectivity index (χ0v) is 10.2. The molecule has 0 saturated carbocycles. The first-order valence-electron chi connectivity index (χ1n) is 5.61. The van der Waals surface area contributed by atoms with E-state index in [2.05, 4.69) is 4.74 Å². The number of hydrogen-bond acceptors (Lipinski definition) is 6. The molecule has 20 heavy (non-hydrogen) atoms. The lowest BCUT2D eigenvalue weighted by atomic mass is 10.1. The number of aromatic hydroxyl groups is 2. The molecule has 0 atom stereocenters. The molecule has 0 spiro atoms. The first-order valence-corrected chi connectivity index (χ1v) is 5.61. The topological polar surface area (TPSA) is 110 Å². The van der Waals surface area contributed by atoms with Gasteiger partial charge in [-0.05, 0) is 12.1 Å². The van der Waals surface area contributed by atoms with E-state index in [1.54, 1.807) is 24.3 Å². The van der Waals surface area contributed by atoms with Gasteiger partial charge in [-0.15, -0.1) is 0 Å². The third-order valence-corrected chi connectivity index (χ3v) is 2.48. The molecule has 6 heteroatoms. The SMILES string of the molecule is Nc1cc(O)cc(O)c1.O=C1OC(=O)c2ccccc21. The number of esters is 2. The lowest BCUT2D eigenvalue weighted by Crippen LogP contribution is -1.96. The van der Waals surface area contributed by atoms with E-state index in [0.29, 0.717) is 16.8 Å². The van der Waals surface area contributed by atoms with Crippen LogP contribution in [0.2, 0.25) is 0 Å². The maximum absolute atomic E-state index is 10.8. The standard InChI is InChI=1S/C8H4O3.C6H7NO2/c9-7-5-3-1-2-4-6(5)8(10)11-7;7-4-1-5(8)3-6(9)2-4/h1-4H;1-3,8-9H,7H2. The van der Waals surface area contributed by atoms with Crippen molar-refractivity contribution in [3.8, 4) is 11.5 Å². The molecule has 0 fully saturated rings. The molecule has 1 heterocycles. The van der Waals surface area contributed by atoms with Crippen molar-refractivity contribution in [1.29, 1.82) is 0 Å². The molecule has 0 radical (unpaired) electrons. The highest BCUT2D eigenvalue weighted by Crippen LogP contribution is 2.21. The Morgan fingerprint density at radius 2 is 1.30 bits per heavy atom. The van der Waals surface area contributed by atoms with Gasteiger partial charge in [0.2, 0.25) is 0 Å². The number of carbonyl (C=O) groups is 2. The summed E-state index contributed by atoms with van der Waals surface area (Å²) < 4.78 is 4.35. The number of nitrogens with two attached hydrogens (primary N) is 1. The van der Waals surface area contributed by atoms with Crippen LogP contribution in [-0.4, -0.2) is 22.2 Å². The Kier molecular flexibility index (Phi) is 3.56. The predicted octanol–water partition coefficient (Wildman–Crippen LogP) is 1.68. The van der Waals surface area contributed by atoms with Gasteiger partial charge in [-0.3, -0.25) is 0 Å². The van der Waals surface area contributed by atoms with Crippen LogP contribution >= 0.6 is 0 Å². The highest BCUT2D eigenvalue weighted by Gasteiger charge is 2.28. The maximum Gasteiger partial charge on any atom is 0.346 e. The Balaban J connectivity index is 0.000000151. The lowest BCUT2D eigenvalue weighted by molar-refractivity contribution is 0.0444. The second-order valence-corrected chi connectivity index (χ2v) is 4.01. The van der Waals surface area contributed by atoms with Crippen molar-refractivity contribution >= 4 is 17.6 Å². The molecule has 0 unspecified atom stereocenters. The second kappa shape index (κ2) is 5.31. The fraction of sp³-hybridized carbons (Fsp3) is 0. The van der Waals surface area contributed by atoms with Crippen molar-refractivity contribution in [2.75, 3.05) is 5.73 Å². The molecule has 2 aromatic carbocycles. The summed E-state index contributed by atoms with van der Waals surface area (Å²) in [5.41, 5.74) is 6.31. The number of fused-ring (bicyclic) bond motifs is 1. The van der Waals surface area contributed by atoms with Crippen molar-refractivity contribution in [3.63, 3.8) is 0 Å². The Morgan fingerprint density at radius 3 is 1.70 bits per heavy atom. The van der Waals surface area contributed by atoms with Crippen LogP contribution in [0.15, 0.2) is 42.5 Å². The maximum atomic E-state index is 10.8. The zero-order valence-electron chi connectivity index (χ0n) is 10.2. The Morgan fingerprint density at radius 1 is 0.850 bits per heavy atom. The summed E-state index contributed by atoms with van der Waals surface area (Å²) in [4.78, 5) is 21.7. The van der Waals surface area contributed by atoms with Crippen LogP contribution < -0.4 is 5.73 Å². The fourth-order valence-electron chi connectivity index (χ4n) is 1.65. The molecule has 3 rings (SSSR count). The van der Waals surface area contributed by atoms with Gasteiger partial charge in [0, 0.05) is 23.9 Å². The average molecular weight is 273 g/mol. The van der Waals surface area contributed by atoms with Gasteiger partial charge in [0.25, 0.3) is 0 Å². The third-order valence-electron chi connectivity index (χ3n) is 2.48. The van der Waals surface area contributed by atoms with Crippen LogP contribution in [0, 0.1) is 0 Å². The number of anilines is 1. The van der Waals surface area contributed by atoms with Gasteiger partial charge < -0.3 is 20.7 Å². The van der Waals surface area contributed by atoms with E-state index in [4.69, 9.17) is 15.9 Å². The monoisotopic (exact) mass is 273 g/mol. The first kappa shape index (κ1) is 13.4. The summed E-state index contributed by atoms with van der Waals surface area (Å²) in [5, 5.41) is 17.5. The summed E-state index contributed by atoms with van der Waals surface area (Å²) in [6.07, 6.45) is 0. The van der Waals surface area contributed by atoms with Gasteiger partial charge in [0.05, 0.1) is 11.1 Å².